The minimum Gasteiger partial charge on any atom is -0.455 e. The van der Waals surface area contributed by atoms with Crippen molar-refractivity contribution in [2.45, 2.75) is 5.03 Å². The van der Waals surface area contributed by atoms with Crippen molar-refractivity contribution in [1.29, 1.82) is 5.26 Å². The van der Waals surface area contributed by atoms with Crippen LogP contribution in [0.15, 0.2) is 46.9 Å². The Kier molecular flexibility index (Phi) is 5.78. The van der Waals surface area contributed by atoms with E-state index in [9.17, 15) is 9.59 Å². The summed E-state index contributed by atoms with van der Waals surface area (Å²) < 4.78 is 4.94. The molecular weight excluding hydrogens is 372 g/mol. The molecule has 130 valence electrons. The number of rotatable bonds is 6. The highest BCUT2D eigenvalue weighted by Crippen LogP contribution is 2.22. The maximum atomic E-state index is 11.8. The minimum atomic E-state index is -0.535. The van der Waals surface area contributed by atoms with Crippen LogP contribution in [0, 0.1) is 11.3 Å². The van der Waals surface area contributed by atoms with Gasteiger partial charge in [0.2, 0.25) is 0 Å². The fourth-order valence-corrected chi connectivity index (χ4v) is 3.38. The maximum Gasteiger partial charge on any atom is 0.316 e. The van der Waals surface area contributed by atoms with Crippen molar-refractivity contribution in [2.75, 3.05) is 17.7 Å². The predicted molar refractivity (Wildman–Crippen MR) is 98.9 cm³/mol. The number of carbonyl (C=O) groups excluding carboxylic acids is 2. The van der Waals surface area contributed by atoms with Crippen molar-refractivity contribution in [3.63, 3.8) is 0 Å². The highest BCUT2D eigenvalue weighted by molar-refractivity contribution is 7.99. The van der Waals surface area contributed by atoms with E-state index >= 15 is 0 Å². The quantitative estimate of drug-likeness (QED) is 0.514. The van der Waals surface area contributed by atoms with E-state index in [0.29, 0.717) is 15.6 Å². The van der Waals surface area contributed by atoms with E-state index in [4.69, 9.17) is 10.00 Å². The number of benzene rings is 1. The molecule has 0 aliphatic carbocycles. The molecule has 0 saturated carbocycles. The SMILES string of the molecule is N#Cc1ccsc1NC(=O)COC(=O)CSc1cnc2ccccc2n1. The number of nitriles is 1. The van der Waals surface area contributed by atoms with E-state index in [0.717, 1.165) is 11.0 Å². The van der Waals surface area contributed by atoms with Crippen molar-refractivity contribution in [2.24, 2.45) is 0 Å². The van der Waals surface area contributed by atoms with Crippen LogP contribution < -0.4 is 5.32 Å². The van der Waals surface area contributed by atoms with Crippen LogP contribution in [0.5, 0.6) is 0 Å². The second kappa shape index (κ2) is 8.42. The van der Waals surface area contributed by atoms with E-state index in [1.807, 2.05) is 30.3 Å². The van der Waals surface area contributed by atoms with Gasteiger partial charge in [0.05, 0.1) is 28.5 Å². The Labute approximate surface area is 157 Å². The van der Waals surface area contributed by atoms with Gasteiger partial charge in [-0.05, 0) is 23.6 Å². The molecule has 9 heteroatoms. The molecule has 2 heterocycles. The van der Waals surface area contributed by atoms with E-state index in [1.54, 1.807) is 17.6 Å². The lowest BCUT2D eigenvalue weighted by Gasteiger charge is -2.05. The Morgan fingerprint density at radius 2 is 2.08 bits per heavy atom. The molecule has 0 aliphatic rings. The number of nitrogens with zero attached hydrogens (tertiary/aromatic N) is 3. The van der Waals surface area contributed by atoms with Crippen molar-refractivity contribution >= 4 is 51.0 Å². The number of ether oxygens (including phenoxy) is 1. The number of thioether (sulfide) groups is 1. The van der Waals surface area contributed by atoms with Gasteiger partial charge in [0, 0.05) is 0 Å². The first-order valence-corrected chi connectivity index (χ1v) is 9.30. The van der Waals surface area contributed by atoms with Crippen molar-refractivity contribution in [1.82, 2.24) is 9.97 Å². The summed E-state index contributed by atoms with van der Waals surface area (Å²) in [6.45, 7) is -0.411. The third-order valence-electron chi connectivity index (χ3n) is 3.17. The number of hydrogen-bond acceptors (Lipinski definition) is 8. The van der Waals surface area contributed by atoms with Crippen LogP contribution in [0.1, 0.15) is 5.56 Å². The molecule has 0 fully saturated rings. The first-order valence-electron chi connectivity index (χ1n) is 7.43. The molecule has 0 atom stereocenters. The fraction of sp³-hybridized carbons (Fsp3) is 0.118. The largest absolute Gasteiger partial charge is 0.455 e. The molecule has 0 radical (unpaired) electrons. The van der Waals surface area contributed by atoms with Crippen molar-refractivity contribution in [3.8, 4) is 6.07 Å². The number of nitrogens with one attached hydrogen (secondary N) is 1. The van der Waals surface area contributed by atoms with E-state index in [1.165, 1.54) is 23.1 Å². The maximum absolute atomic E-state index is 11.8. The minimum absolute atomic E-state index is 0.0166. The van der Waals surface area contributed by atoms with Gasteiger partial charge in [-0.1, -0.05) is 23.9 Å². The third-order valence-corrected chi connectivity index (χ3v) is 4.87. The molecule has 0 unspecified atom stereocenters. The summed E-state index contributed by atoms with van der Waals surface area (Å²) in [5.74, 6) is -1.01. The van der Waals surface area contributed by atoms with E-state index in [-0.39, 0.29) is 5.75 Å². The van der Waals surface area contributed by atoms with Gasteiger partial charge in [0.25, 0.3) is 5.91 Å². The second-order valence-electron chi connectivity index (χ2n) is 4.97. The van der Waals surface area contributed by atoms with E-state index in [2.05, 4.69) is 15.3 Å². The Morgan fingerprint density at radius 3 is 2.88 bits per heavy atom. The number of para-hydroxylation sites is 2. The smallest absolute Gasteiger partial charge is 0.316 e. The molecule has 7 nitrogen and oxygen atoms in total. The lowest BCUT2D eigenvalue weighted by Crippen LogP contribution is -2.21. The standard InChI is InChI=1S/C17H12N4O3S2/c18-7-11-5-6-25-17(11)21-14(22)9-24-16(23)10-26-15-8-19-12-3-1-2-4-13(12)20-15/h1-6,8H,9-10H2,(H,21,22). The summed E-state index contributed by atoms with van der Waals surface area (Å²) in [5, 5.41) is 14.2. The van der Waals surface area contributed by atoms with Gasteiger partial charge in [-0.3, -0.25) is 14.6 Å². The van der Waals surface area contributed by atoms with Gasteiger partial charge >= 0.3 is 5.97 Å². The highest BCUT2D eigenvalue weighted by Gasteiger charge is 2.12. The number of fused-ring (bicyclic) bond motifs is 1. The average molecular weight is 384 g/mol. The summed E-state index contributed by atoms with van der Waals surface area (Å²) in [6.07, 6.45) is 1.59. The Morgan fingerprint density at radius 1 is 1.27 bits per heavy atom. The molecule has 2 aromatic heterocycles. The number of thiophene rings is 1. The number of anilines is 1. The lowest BCUT2D eigenvalue weighted by molar-refractivity contribution is -0.144. The van der Waals surface area contributed by atoms with Gasteiger partial charge in [-0.15, -0.1) is 11.3 Å². The second-order valence-corrected chi connectivity index (χ2v) is 6.88. The summed E-state index contributed by atoms with van der Waals surface area (Å²) in [7, 11) is 0. The van der Waals surface area contributed by atoms with Crippen molar-refractivity contribution < 1.29 is 14.3 Å². The van der Waals surface area contributed by atoms with Gasteiger partial charge in [-0.25, -0.2) is 4.98 Å². The molecule has 1 amide bonds. The molecule has 26 heavy (non-hydrogen) atoms. The molecular formula is C17H12N4O3S2. The summed E-state index contributed by atoms with van der Waals surface area (Å²) in [6, 6.07) is 11.0. The van der Waals surface area contributed by atoms with Gasteiger partial charge in [-0.2, -0.15) is 5.26 Å². The number of aromatic nitrogens is 2. The normalized spacial score (nSPS) is 10.3. The van der Waals surface area contributed by atoms with Gasteiger partial charge in [0.15, 0.2) is 6.61 Å². The zero-order chi connectivity index (χ0) is 18.4. The Hall–Kier alpha value is -2.96. The molecule has 0 saturated heterocycles. The molecule has 0 spiro atoms. The highest BCUT2D eigenvalue weighted by atomic mass is 32.2. The lowest BCUT2D eigenvalue weighted by atomic mass is 10.3. The Bertz CT molecular complexity index is 997. The van der Waals surface area contributed by atoms with Crippen molar-refractivity contribution in [3.05, 3.63) is 47.5 Å². The van der Waals surface area contributed by atoms with Crippen LogP contribution in [0.3, 0.4) is 0 Å². The van der Waals surface area contributed by atoms with Gasteiger partial charge in [0.1, 0.15) is 16.1 Å². The molecule has 1 aromatic carbocycles. The first-order chi connectivity index (χ1) is 12.7. The van der Waals surface area contributed by atoms with Crippen LogP contribution in [0.2, 0.25) is 0 Å². The van der Waals surface area contributed by atoms with Crippen LogP contribution in [-0.4, -0.2) is 34.2 Å². The molecule has 3 aromatic rings. The number of esters is 1. The average Bonchev–Trinajstić information content (AvgIpc) is 3.11. The monoisotopic (exact) mass is 384 g/mol. The fourth-order valence-electron chi connectivity index (χ4n) is 1.99. The zero-order valence-electron chi connectivity index (χ0n) is 13.3. The predicted octanol–water partition coefficient (Wildman–Crippen LogP) is 2.84. The molecule has 1 N–H and O–H groups in total. The number of carbonyl (C=O) groups is 2. The number of amides is 1. The third kappa shape index (κ3) is 4.56. The van der Waals surface area contributed by atoms with E-state index < -0.39 is 18.5 Å². The van der Waals surface area contributed by atoms with Crippen LogP contribution in [0.25, 0.3) is 11.0 Å². The van der Waals surface area contributed by atoms with Crippen LogP contribution in [0.4, 0.5) is 5.00 Å². The summed E-state index contributed by atoms with van der Waals surface area (Å²) in [4.78, 5) is 32.2. The summed E-state index contributed by atoms with van der Waals surface area (Å²) in [5.41, 5.74) is 1.90. The van der Waals surface area contributed by atoms with Gasteiger partial charge < -0.3 is 10.1 Å². The molecule has 0 bridgehead atoms. The number of hydrogen-bond donors (Lipinski definition) is 1. The topological polar surface area (TPSA) is 105 Å². The van der Waals surface area contributed by atoms with Crippen LogP contribution >= 0.6 is 23.1 Å². The summed E-state index contributed by atoms with van der Waals surface area (Å²) >= 11 is 2.42. The molecule has 3 rings (SSSR count). The first kappa shape index (κ1) is 17.8. The Balaban J connectivity index is 1.46. The molecule has 0 aliphatic heterocycles. The zero-order valence-corrected chi connectivity index (χ0v) is 15.0. The van der Waals surface area contributed by atoms with Crippen LogP contribution in [-0.2, 0) is 14.3 Å².